The normalized spacial score (nSPS) is 10.2. The number of carboxylic acid groups (broad SMARTS) is 1. The fourth-order valence-electron chi connectivity index (χ4n) is 1.95. The van der Waals surface area contributed by atoms with Crippen molar-refractivity contribution < 1.29 is 9.90 Å². The first-order valence-electron chi connectivity index (χ1n) is 7.71. The summed E-state index contributed by atoms with van der Waals surface area (Å²) in [5.74, 6) is -0.968. The van der Waals surface area contributed by atoms with E-state index in [2.05, 4.69) is 33.2 Å². The van der Waals surface area contributed by atoms with Gasteiger partial charge in [0.25, 0.3) is 0 Å². The van der Waals surface area contributed by atoms with Gasteiger partial charge in [-0.15, -0.1) is 0 Å². The molecule has 0 bridgehead atoms. The van der Waals surface area contributed by atoms with E-state index in [9.17, 15) is 4.79 Å². The van der Waals surface area contributed by atoms with Gasteiger partial charge in [-0.2, -0.15) is 0 Å². The van der Waals surface area contributed by atoms with Crippen LogP contribution in [0.1, 0.15) is 59.3 Å². The van der Waals surface area contributed by atoms with Crippen molar-refractivity contribution in [3.05, 3.63) is 0 Å². The number of nitrogens with two attached hydrogens (primary N) is 1. The van der Waals surface area contributed by atoms with Crippen LogP contribution in [0.4, 0.5) is 0 Å². The highest BCUT2D eigenvalue weighted by molar-refractivity contribution is 7.75. The van der Waals surface area contributed by atoms with Gasteiger partial charge in [-0.3, -0.25) is 4.79 Å². The molecule has 0 aromatic carbocycles. The minimum Gasteiger partial charge on any atom is -0.480 e. The van der Waals surface area contributed by atoms with Crippen LogP contribution in [0.2, 0.25) is 0 Å². The lowest BCUT2D eigenvalue weighted by atomic mass is 10.4. The van der Waals surface area contributed by atoms with Crippen LogP contribution < -0.4 is 11.9 Å². The average molecular weight is 309 g/mol. The van der Waals surface area contributed by atoms with Crippen LogP contribution >= 0.6 is 7.26 Å². The van der Waals surface area contributed by atoms with Gasteiger partial charge in [-0.1, -0.05) is 40.0 Å². The van der Waals surface area contributed by atoms with E-state index in [4.69, 9.17) is 5.11 Å². The highest BCUT2D eigenvalue weighted by atomic mass is 31.2. The van der Waals surface area contributed by atoms with Crippen molar-refractivity contribution in [2.75, 3.05) is 31.7 Å². The van der Waals surface area contributed by atoms with Gasteiger partial charge >= 0.3 is 5.97 Å². The van der Waals surface area contributed by atoms with Gasteiger partial charge in [0, 0.05) is 13.9 Å². The second-order valence-corrected chi connectivity index (χ2v) is 10.0. The Bertz CT molecular complexity index is 192. The fourth-order valence-corrected chi connectivity index (χ4v) is 5.86. The van der Waals surface area contributed by atoms with Gasteiger partial charge < -0.3 is 17.0 Å². The fraction of sp³-hybridized carbons (Fsp3) is 0.933. The predicted molar refractivity (Wildman–Crippen MR) is 93.9 cm³/mol. The molecule has 6 N–H and O–H groups in total. The summed E-state index contributed by atoms with van der Waals surface area (Å²) >= 11 is 0. The molecule has 20 heavy (non-hydrogen) atoms. The van der Waals surface area contributed by atoms with Crippen molar-refractivity contribution in [3.8, 4) is 0 Å². The first-order chi connectivity index (χ1) is 8.95. The molecule has 5 heteroatoms. The molecule has 0 aliphatic carbocycles. The van der Waals surface area contributed by atoms with Crippen LogP contribution in [0.5, 0.6) is 0 Å². The molecule has 0 spiro atoms. The van der Waals surface area contributed by atoms with Crippen LogP contribution in [-0.2, 0) is 4.79 Å². The van der Waals surface area contributed by atoms with E-state index < -0.39 is 13.2 Å². The summed E-state index contributed by atoms with van der Waals surface area (Å²) in [5.41, 5.74) is 4.57. The topological polar surface area (TPSA) is 98.3 Å². The zero-order chi connectivity index (χ0) is 15.1. The van der Waals surface area contributed by atoms with Crippen molar-refractivity contribution in [3.63, 3.8) is 0 Å². The Morgan fingerprint density at radius 1 is 0.950 bits per heavy atom. The summed E-state index contributed by atoms with van der Waals surface area (Å²) in [6.07, 6.45) is 13.2. The highest BCUT2D eigenvalue weighted by Crippen LogP contribution is 2.57. The quantitative estimate of drug-likeness (QED) is 0.526. The van der Waals surface area contributed by atoms with Crippen molar-refractivity contribution in [2.45, 2.75) is 59.3 Å². The van der Waals surface area contributed by atoms with E-state index in [0.29, 0.717) is 0 Å². The molecule has 0 saturated carbocycles. The Morgan fingerprint density at radius 3 is 1.35 bits per heavy atom. The lowest BCUT2D eigenvalue weighted by molar-refractivity contribution is -0.135. The maximum absolute atomic E-state index is 9.24. The molecule has 0 atom stereocenters. The molecule has 0 aliphatic rings. The number of aliphatic carboxylic acids is 1. The molecule has 0 heterocycles. The largest absolute Gasteiger partial charge is 0.480 e. The number of rotatable bonds is 10. The highest BCUT2D eigenvalue weighted by Gasteiger charge is 2.28. The summed E-state index contributed by atoms with van der Waals surface area (Å²) in [6.45, 7) is 9.31. The second kappa shape index (κ2) is 16.9. The summed E-state index contributed by atoms with van der Waals surface area (Å²) in [5, 5.41) is 7.60. The lowest BCUT2D eigenvalue weighted by Gasteiger charge is -2.22. The van der Waals surface area contributed by atoms with Crippen molar-refractivity contribution in [1.82, 2.24) is 6.15 Å². The molecule has 0 fully saturated rings. The second-order valence-electron chi connectivity index (χ2n) is 5.45. The molecule has 0 radical (unpaired) electrons. The third-order valence-electron chi connectivity index (χ3n) is 3.33. The van der Waals surface area contributed by atoms with Gasteiger partial charge in [0.15, 0.2) is 0 Å². The molecule has 0 rings (SSSR count). The molecule has 0 saturated heterocycles. The molecule has 124 valence electrons. The minimum atomic E-state index is -0.968. The van der Waals surface area contributed by atoms with Gasteiger partial charge in [-0.05, 0) is 19.3 Å². The average Bonchev–Trinajstić information content (AvgIpc) is 2.41. The molecule has 0 aliphatic heterocycles. The van der Waals surface area contributed by atoms with Crippen molar-refractivity contribution in [2.24, 2.45) is 5.73 Å². The first-order valence-corrected chi connectivity index (χ1v) is 10.5. The number of hydrogen-bond donors (Lipinski definition) is 3. The summed E-state index contributed by atoms with van der Waals surface area (Å²) in [4.78, 5) is 9.24. The van der Waals surface area contributed by atoms with Gasteiger partial charge in [-0.25, -0.2) is 0 Å². The van der Waals surface area contributed by atoms with E-state index >= 15 is 0 Å². The third kappa shape index (κ3) is 17.8. The van der Waals surface area contributed by atoms with E-state index in [1.165, 1.54) is 38.5 Å². The minimum absolute atomic E-state index is 0. The van der Waals surface area contributed by atoms with Crippen molar-refractivity contribution in [1.29, 1.82) is 0 Å². The van der Waals surface area contributed by atoms with Crippen LogP contribution in [0.25, 0.3) is 0 Å². The van der Waals surface area contributed by atoms with Gasteiger partial charge in [0.2, 0.25) is 0 Å². The Balaban J connectivity index is -0.000000414. The van der Waals surface area contributed by atoms with Gasteiger partial charge in [0.05, 0.1) is 25.0 Å². The molecule has 0 amide bonds. The van der Waals surface area contributed by atoms with Crippen LogP contribution in [0, 0.1) is 0 Å². The molecular weight excluding hydrogens is 271 g/mol. The SMILES string of the molecule is CCCC[P+](C)(CCCC)CCCC.N.NCC(=O)O. The molecular formula is C15H38N2O2P+. The Kier molecular flexibility index (Phi) is 20.9. The monoisotopic (exact) mass is 309 g/mol. The number of carbonyl (C=O) groups is 1. The summed E-state index contributed by atoms with van der Waals surface area (Å²) in [7, 11) is -0.519. The number of unbranched alkanes of at least 4 members (excludes halogenated alkanes) is 3. The predicted octanol–water partition coefficient (Wildman–Crippen LogP) is 4.23. The standard InChI is InChI=1S/C13H30P.C2H5NO2.H3N/c1-5-8-11-14(4,12-9-6-2)13-10-7-3;3-1-2(4)5;/h5-13H2,1-4H3;1,3H2,(H,4,5);1H3/q+1;;. The van der Waals surface area contributed by atoms with Crippen LogP contribution in [0.15, 0.2) is 0 Å². The van der Waals surface area contributed by atoms with Crippen LogP contribution in [-0.4, -0.2) is 42.8 Å². The molecule has 0 aromatic heterocycles. The van der Waals surface area contributed by atoms with Crippen molar-refractivity contribution >= 4 is 13.2 Å². The van der Waals surface area contributed by atoms with E-state index in [1.807, 2.05) is 0 Å². The molecule has 4 nitrogen and oxygen atoms in total. The van der Waals surface area contributed by atoms with Gasteiger partial charge in [0.1, 0.15) is 0 Å². The number of carboxylic acids is 1. The molecule has 0 unspecified atom stereocenters. The Morgan fingerprint density at radius 2 is 1.20 bits per heavy atom. The Labute approximate surface area is 126 Å². The summed E-state index contributed by atoms with van der Waals surface area (Å²) in [6, 6.07) is 0. The molecule has 0 aromatic rings. The third-order valence-corrected chi connectivity index (χ3v) is 7.52. The van der Waals surface area contributed by atoms with E-state index in [1.54, 1.807) is 18.5 Å². The first kappa shape index (κ1) is 24.8. The van der Waals surface area contributed by atoms with Crippen LogP contribution in [0.3, 0.4) is 0 Å². The maximum Gasteiger partial charge on any atom is 0.317 e. The van der Waals surface area contributed by atoms with E-state index in [0.717, 1.165) is 0 Å². The Hall–Kier alpha value is -0.180. The maximum atomic E-state index is 9.24. The van der Waals surface area contributed by atoms with E-state index in [-0.39, 0.29) is 12.7 Å². The number of hydrogen-bond acceptors (Lipinski definition) is 3. The lowest BCUT2D eigenvalue weighted by Crippen LogP contribution is -2.10. The zero-order valence-electron chi connectivity index (χ0n) is 14.2. The zero-order valence-corrected chi connectivity index (χ0v) is 15.1. The summed E-state index contributed by atoms with van der Waals surface area (Å²) < 4.78 is 0. The smallest absolute Gasteiger partial charge is 0.317 e.